The molecule has 0 radical (unpaired) electrons. The summed E-state index contributed by atoms with van der Waals surface area (Å²) < 4.78 is 1.85. The summed E-state index contributed by atoms with van der Waals surface area (Å²) in [5.74, 6) is -0.141. The van der Waals surface area contributed by atoms with Gasteiger partial charge < -0.3 is 15.1 Å². The predicted octanol–water partition coefficient (Wildman–Crippen LogP) is 2.79. The third-order valence-corrected chi connectivity index (χ3v) is 5.87. The molecule has 1 N–H and O–H groups in total. The molecule has 0 unspecified atom stereocenters. The SMILES string of the molecule is Cc1nc2c(cnn2C(C)C)cc1C(=O)NCCC(=O)N1CCN(c2ccccc2)CC1. The molecule has 1 fully saturated rings. The Bertz CT molecular complexity index is 1100. The van der Waals surface area contributed by atoms with Gasteiger partial charge in [0.2, 0.25) is 5.91 Å². The first kappa shape index (κ1) is 21.8. The van der Waals surface area contributed by atoms with Crippen LogP contribution in [0.1, 0.15) is 42.4 Å². The van der Waals surface area contributed by atoms with Crippen molar-refractivity contribution < 1.29 is 9.59 Å². The average molecular weight is 435 g/mol. The van der Waals surface area contributed by atoms with Gasteiger partial charge in [-0.15, -0.1) is 0 Å². The van der Waals surface area contributed by atoms with E-state index < -0.39 is 0 Å². The molecule has 2 amide bonds. The van der Waals surface area contributed by atoms with E-state index in [2.05, 4.69) is 32.4 Å². The summed E-state index contributed by atoms with van der Waals surface area (Å²) in [6, 6.07) is 12.3. The van der Waals surface area contributed by atoms with Crippen LogP contribution in [0.2, 0.25) is 0 Å². The minimum absolute atomic E-state index is 0.0709. The minimum Gasteiger partial charge on any atom is -0.368 e. The Balaban J connectivity index is 1.28. The Labute approximate surface area is 188 Å². The highest BCUT2D eigenvalue weighted by Crippen LogP contribution is 2.19. The lowest BCUT2D eigenvalue weighted by molar-refractivity contribution is -0.131. The summed E-state index contributed by atoms with van der Waals surface area (Å²) in [6.45, 7) is 9.24. The molecule has 1 saturated heterocycles. The third kappa shape index (κ3) is 4.59. The van der Waals surface area contributed by atoms with Crippen LogP contribution in [-0.2, 0) is 4.79 Å². The molecule has 0 saturated carbocycles. The fraction of sp³-hybridized carbons (Fsp3) is 0.417. The van der Waals surface area contributed by atoms with E-state index in [4.69, 9.17) is 0 Å². The van der Waals surface area contributed by atoms with Gasteiger partial charge in [0, 0.05) is 56.3 Å². The third-order valence-electron chi connectivity index (χ3n) is 5.87. The van der Waals surface area contributed by atoms with Crippen molar-refractivity contribution >= 4 is 28.5 Å². The molecule has 8 nitrogen and oxygen atoms in total. The maximum absolute atomic E-state index is 12.7. The highest BCUT2D eigenvalue weighted by molar-refractivity contribution is 5.98. The molecular weight excluding hydrogens is 404 g/mol. The van der Waals surface area contributed by atoms with Crippen molar-refractivity contribution in [2.75, 3.05) is 37.6 Å². The molecule has 0 bridgehead atoms. The van der Waals surface area contributed by atoms with Gasteiger partial charge in [-0.2, -0.15) is 5.10 Å². The zero-order valence-corrected chi connectivity index (χ0v) is 18.9. The van der Waals surface area contributed by atoms with Gasteiger partial charge in [0.15, 0.2) is 5.65 Å². The molecule has 168 valence electrons. The van der Waals surface area contributed by atoms with Crippen LogP contribution in [0.25, 0.3) is 11.0 Å². The van der Waals surface area contributed by atoms with Gasteiger partial charge in [0.1, 0.15) is 0 Å². The van der Waals surface area contributed by atoms with Crippen LogP contribution in [0, 0.1) is 6.92 Å². The van der Waals surface area contributed by atoms with Crippen LogP contribution in [0.15, 0.2) is 42.6 Å². The van der Waals surface area contributed by atoms with E-state index in [1.54, 1.807) is 6.20 Å². The lowest BCUT2D eigenvalue weighted by Crippen LogP contribution is -2.49. The quantitative estimate of drug-likeness (QED) is 0.645. The molecule has 4 rings (SSSR count). The zero-order chi connectivity index (χ0) is 22.7. The maximum atomic E-state index is 12.7. The van der Waals surface area contributed by atoms with Gasteiger partial charge >= 0.3 is 0 Å². The molecule has 8 heteroatoms. The van der Waals surface area contributed by atoms with Crippen LogP contribution in [0.3, 0.4) is 0 Å². The minimum atomic E-state index is -0.212. The lowest BCUT2D eigenvalue weighted by atomic mass is 10.1. The molecule has 32 heavy (non-hydrogen) atoms. The molecule has 1 aromatic carbocycles. The Hall–Kier alpha value is -3.42. The smallest absolute Gasteiger partial charge is 0.253 e. The number of carbonyl (C=O) groups excluding carboxylic acids is 2. The summed E-state index contributed by atoms with van der Waals surface area (Å²) in [5.41, 5.74) is 3.14. The van der Waals surface area contributed by atoms with Crippen LogP contribution in [-0.4, -0.2) is 64.2 Å². The number of hydrogen-bond acceptors (Lipinski definition) is 5. The fourth-order valence-electron chi connectivity index (χ4n) is 4.06. The molecule has 0 atom stereocenters. The number of aryl methyl sites for hydroxylation is 1. The number of nitrogens with zero attached hydrogens (tertiary/aromatic N) is 5. The van der Waals surface area contributed by atoms with Crippen molar-refractivity contribution in [1.29, 1.82) is 0 Å². The number of nitrogens with one attached hydrogen (secondary N) is 1. The number of aromatic nitrogens is 3. The first-order valence-corrected chi connectivity index (χ1v) is 11.1. The van der Waals surface area contributed by atoms with E-state index in [1.807, 2.05) is 54.6 Å². The van der Waals surface area contributed by atoms with Gasteiger partial charge in [-0.1, -0.05) is 18.2 Å². The topological polar surface area (TPSA) is 83.4 Å². The van der Waals surface area contributed by atoms with Crippen LogP contribution < -0.4 is 10.2 Å². The van der Waals surface area contributed by atoms with Gasteiger partial charge in [-0.25, -0.2) is 9.67 Å². The summed E-state index contributed by atoms with van der Waals surface area (Å²) in [7, 11) is 0. The molecule has 3 heterocycles. The monoisotopic (exact) mass is 434 g/mol. The predicted molar refractivity (Wildman–Crippen MR) is 125 cm³/mol. The number of amides is 2. The standard InChI is InChI=1S/C24H30N6O2/c1-17(2)30-23-19(16-26-30)15-21(18(3)27-23)24(32)25-10-9-22(31)29-13-11-28(12-14-29)20-7-5-4-6-8-20/h4-8,15-17H,9-14H2,1-3H3,(H,25,32). The number of anilines is 1. The van der Waals surface area contributed by atoms with Crippen molar-refractivity contribution in [3.05, 3.63) is 53.9 Å². The van der Waals surface area contributed by atoms with Gasteiger partial charge in [-0.05, 0) is 39.0 Å². The number of fused-ring (bicyclic) bond motifs is 1. The van der Waals surface area contributed by atoms with Gasteiger partial charge in [0.05, 0.1) is 17.5 Å². The van der Waals surface area contributed by atoms with E-state index in [0.717, 1.165) is 24.1 Å². The molecule has 0 aliphatic carbocycles. The fourth-order valence-corrected chi connectivity index (χ4v) is 4.06. The van der Waals surface area contributed by atoms with E-state index in [1.165, 1.54) is 5.69 Å². The van der Waals surface area contributed by atoms with Crippen molar-refractivity contribution in [3.8, 4) is 0 Å². The Morgan fingerprint density at radius 1 is 1.09 bits per heavy atom. The Morgan fingerprint density at radius 3 is 2.50 bits per heavy atom. The molecule has 0 spiro atoms. The second-order valence-electron chi connectivity index (χ2n) is 8.43. The second kappa shape index (κ2) is 9.38. The largest absolute Gasteiger partial charge is 0.368 e. The average Bonchev–Trinajstić information content (AvgIpc) is 3.22. The Kier molecular flexibility index (Phi) is 6.39. The van der Waals surface area contributed by atoms with Crippen molar-refractivity contribution in [2.45, 2.75) is 33.2 Å². The number of pyridine rings is 1. The lowest BCUT2D eigenvalue weighted by Gasteiger charge is -2.36. The van der Waals surface area contributed by atoms with Crippen molar-refractivity contribution in [3.63, 3.8) is 0 Å². The molecule has 1 aliphatic rings. The van der Waals surface area contributed by atoms with E-state index in [9.17, 15) is 9.59 Å². The molecule has 2 aromatic heterocycles. The van der Waals surface area contributed by atoms with E-state index >= 15 is 0 Å². The summed E-state index contributed by atoms with van der Waals surface area (Å²) in [5, 5.41) is 8.08. The van der Waals surface area contributed by atoms with E-state index in [-0.39, 0.29) is 24.3 Å². The molecule has 3 aromatic rings. The number of rotatable bonds is 6. The van der Waals surface area contributed by atoms with E-state index in [0.29, 0.717) is 30.9 Å². The number of para-hydroxylation sites is 1. The summed E-state index contributed by atoms with van der Waals surface area (Å²) in [6.07, 6.45) is 2.02. The number of hydrogen-bond donors (Lipinski definition) is 1. The van der Waals surface area contributed by atoms with Crippen molar-refractivity contribution in [2.24, 2.45) is 0 Å². The second-order valence-corrected chi connectivity index (χ2v) is 8.43. The normalized spacial score (nSPS) is 14.2. The maximum Gasteiger partial charge on any atom is 0.253 e. The highest BCUT2D eigenvalue weighted by atomic mass is 16.2. The highest BCUT2D eigenvalue weighted by Gasteiger charge is 2.21. The molecule has 1 aliphatic heterocycles. The summed E-state index contributed by atoms with van der Waals surface area (Å²) in [4.78, 5) is 34.1. The number of carbonyl (C=O) groups is 2. The van der Waals surface area contributed by atoms with Crippen LogP contribution in [0.5, 0.6) is 0 Å². The van der Waals surface area contributed by atoms with Crippen LogP contribution in [0.4, 0.5) is 5.69 Å². The first-order chi connectivity index (χ1) is 15.4. The van der Waals surface area contributed by atoms with Gasteiger partial charge in [0.25, 0.3) is 5.91 Å². The first-order valence-electron chi connectivity index (χ1n) is 11.1. The Morgan fingerprint density at radius 2 is 1.81 bits per heavy atom. The van der Waals surface area contributed by atoms with Crippen LogP contribution >= 0.6 is 0 Å². The van der Waals surface area contributed by atoms with Gasteiger partial charge in [-0.3, -0.25) is 9.59 Å². The number of benzene rings is 1. The van der Waals surface area contributed by atoms with Crippen molar-refractivity contribution in [1.82, 2.24) is 25.0 Å². The molecular formula is C24H30N6O2. The summed E-state index contributed by atoms with van der Waals surface area (Å²) >= 11 is 0. The zero-order valence-electron chi connectivity index (χ0n) is 18.9. The number of piperazine rings is 1.